The number of carboxylic acid groups (broad SMARTS) is 1. The molecule has 1 aliphatic rings. The normalized spacial score (nSPS) is 18.8. The summed E-state index contributed by atoms with van der Waals surface area (Å²) in [5, 5.41) is 22.8. The third-order valence-electron chi connectivity index (χ3n) is 3.87. The van der Waals surface area contributed by atoms with Gasteiger partial charge in [-0.25, -0.2) is 9.59 Å². The molecule has 0 unspecified atom stereocenters. The quantitative estimate of drug-likeness (QED) is 0.567. The summed E-state index contributed by atoms with van der Waals surface area (Å²) in [6.07, 6.45) is 4.19. The van der Waals surface area contributed by atoms with Crippen LogP contribution in [-0.4, -0.2) is 41.4 Å². The van der Waals surface area contributed by atoms with Crippen LogP contribution in [-0.2, 0) is 4.79 Å². The lowest BCUT2D eigenvalue weighted by Crippen LogP contribution is -2.45. The number of hydrogen-bond donors (Lipinski definition) is 4. The fraction of sp³-hybridized carbons (Fsp3) is 0.857. The van der Waals surface area contributed by atoms with Crippen LogP contribution in [0, 0.1) is 11.3 Å². The minimum atomic E-state index is -1.56. The summed E-state index contributed by atoms with van der Waals surface area (Å²) in [5.41, 5.74) is 0.178. The standard InChI is InChI=1S/C14H26N2O4/c1-10(2)7-14(5-3-4-6-14)9-16-13(20)15-8-11(17)12(18)19/h10-11,17H,3-9H2,1-2H3,(H,18,19)(H2,15,16,20)/t11-/m0/s1. The largest absolute Gasteiger partial charge is 0.479 e. The van der Waals surface area contributed by atoms with Gasteiger partial charge in [-0.15, -0.1) is 0 Å². The van der Waals surface area contributed by atoms with E-state index in [0.29, 0.717) is 12.5 Å². The van der Waals surface area contributed by atoms with Crippen molar-refractivity contribution in [3.05, 3.63) is 0 Å². The molecule has 0 heterocycles. The molecule has 0 aromatic carbocycles. The number of aliphatic hydroxyl groups excluding tert-OH is 1. The Morgan fingerprint density at radius 2 is 1.80 bits per heavy atom. The van der Waals surface area contributed by atoms with E-state index in [1.807, 2.05) is 0 Å². The predicted molar refractivity (Wildman–Crippen MR) is 75.4 cm³/mol. The Kier molecular flexibility index (Phi) is 6.26. The first kappa shape index (κ1) is 16.8. The van der Waals surface area contributed by atoms with E-state index < -0.39 is 18.1 Å². The number of aliphatic carboxylic acids is 1. The highest BCUT2D eigenvalue weighted by molar-refractivity contribution is 5.76. The summed E-state index contributed by atoms with van der Waals surface area (Å²) in [6.45, 7) is 4.70. The van der Waals surface area contributed by atoms with Crippen LogP contribution in [0.3, 0.4) is 0 Å². The van der Waals surface area contributed by atoms with Crippen LogP contribution in [0.15, 0.2) is 0 Å². The van der Waals surface area contributed by atoms with Crippen LogP contribution >= 0.6 is 0 Å². The molecule has 6 nitrogen and oxygen atoms in total. The van der Waals surface area contributed by atoms with Crippen molar-refractivity contribution >= 4 is 12.0 Å². The van der Waals surface area contributed by atoms with Gasteiger partial charge in [0.25, 0.3) is 0 Å². The van der Waals surface area contributed by atoms with Gasteiger partial charge in [0.05, 0.1) is 6.54 Å². The molecule has 1 saturated carbocycles. The van der Waals surface area contributed by atoms with Crippen molar-refractivity contribution in [2.45, 2.75) is 52.1 Å². The van der Waals surface area contributed by atoms with E-state index in [0.717, 1.165) is 19.3 Å². The van der Waals surface area contributed by atoms with Crippen molar-refractivity contribution in [1.82, 2.24) is 10.6 Å². The van der Waals surface area contributed by atoms with Crippen molar-refractivity contribution in [2.75, 3.05) is 13.1 Å². The Morgan fingerprint density at radius 1 is 1.20 bits per heavy atom. The smallest absolute Gasteiger partial charge is 0.334 e. The Bertz CT molecular complexity index is 338. The van der Waals surface area contributed by atoms with Crippen molar-refractivity contribution in [3.63, 3.8) is 0 Å². The number of carboxylic acids is 1. The molecule has 1 rings (SSSR count). The van der Waals surface area contributed by atoms with Crippen molar-refractivity contribution in [1.29, 1.82) is 0 Å². The zero-order valence-corrected chi connectivity index (χ0v) is 12.3. The van der Waals surface area contributed by atoms with E-state index in [-0.39, 0.29) is 12.0 Å². The van der Waals surface area contributed by atoms with Crippen LogP contribution in [0.2, 0.25) is 0 Å². The monoisotopic (exact) mass is 286 g/mol. The highest BCUT2D eigenvalue weighted by atomic mass is 16.4. The molecule has 1 atom stereocenters. The second kappa shape index (κ2) is 7.47. The summed E-state index contributed by atoms with van der Waals surface area (Å²) in [4.78, 5) is 22.1. The molecule has 4 N–H and O–H groups in total. The van der Waals surface area contributed by atoms with E-state index in [1.165, 1.54) is 12.8 Å². The van der Waals surface area contributed by atoms with E-state index in [4.69, 9.17) is 10.2 Å². The molecule has 0 aliphatic heterocycles. The van der Waals surface area contributed by atoms with Gasteiger partial charge in [0.1, 0.15) is 0 Å². The zero-order valence-electron chi connectivity index (χ0n) is 12.3. The van der Waals surface area contributed by atoms with E-state index in [2.05, 4.69) is 24.5 Å². The summed E-state index contributed by atoms with van der Waals surface area (Å²) >= 11 is 0. The van der Waals surface area contributed by atoms with Gasteiger partial charge in [0.2, 0.25) is 0 Å². The van der Waals surface area contributed by atoms with Gasteiger partial charge in [0.15, 0.2) is 6.10 Å². The number of rotatable bonds is 7. The molecule has 1 aliphatic carbocycles. The first-order valence-corrected chi connectivity index (χ1v) is 7.27. The predicted octanol–water partition coefficient (Wildman–Crippen LogP) is 1.34. The first-order chi connectivity index (χ1) is 9.34. The van der Waals surface area contributed by atoms with Gasteiger partial charge >= 0.3 is 12.0 Å². The molecular weight excluding hydrogens is 260 g/mol. The number of nitrogens with one attached hydrogen (secondary N) is 2. The van der Waals surface area contributed by atoms with Crippen LogP contribution in [0.4, 0.5) is 4.79 Å². The van der Waals surface area contributed by atoms with Crippen LogP contribution in [0.25, 0.3) is 0 Å². The summed E-state index contributed by atoms with van der Waals surface area (Å²) < 4.78 is 0. The molecule has 0 radical (unpaired) electrons. The average molecular weight is 286 g/mol. The summed E-state index contributed by atoms with van der Waals surface area (Å²) in [5.74, 6) is -0.746. The molecular formula is C14H26N2O4. The van der Waals surface area contributed by atoms with Crippen molar-refractivity contribution in [2.24, 2.45) is 11.3 Å². The highest BCUT2D eigenvalue weighted by Gasteiger charge is 2.34. The van der Waals surface area contributed by atoms with Crippen molar-refractivity contribution in [3.8, 4) is 0 Å². The van der Waals surface area contributed by atoms with E-state index in [9.17, 15) is 9.59 Å². The fourth-order valence-electron chi connectivity index (χ4n) is 3.05. The zero-order chi connectivity index (χ0) is 15.2. The van der Waals surface area contributed by atoms with Crippen molar-refractivity contribution < 1.29 is 19.8 Å². The van der Waals surface area contributed by atoms with Gasteiger partial charge in [-0.3, -0.25) is 0 Å². The Hall–Kier alpha value is -1.30. The van der Waals surface area contributed by atoms with Gasteiger partial charge in [-0.1, -0.05) is 26.7 Å². The Morgan fingerprint density at radius 3 is 2.30 bits per heavy atom. The van der Waals surface area contributed by atoms with E-state index >= 15 is 0 Å². The molecule has 0 bridgehead atoms. The SMILES string of the molecule is CC(C)CC1(CNC(=O)NC[C@H](O)C(=O)O)CCCC1. The van der Waals surface area contributed by atoms with Gasteiger partial charge in [-0.05, 0) is 30.6 Å². The van der Waals surface area contributed by atoms with Crippen LogP contribution in [0.5, 0.6) is 0 Å². The molecule has 0 spiro atoms. The number of aliphatic hydroxyl groups is 1. The third kappa shape index (κ3) is 5.36. The van der Waals surface area contributed by atoms with Crippen LogP contribution < -0.4 is 10.6 Å². The number of urea groups is 1. The number of amides is 2. The molecule has 20 heavy (non-hydrogen) atoms. The first-order valence-electron chi connectivity index (χ1n) is 7.27. The molecule has 0 saturated heterocycles. The maximum Gasteiger partial charge on any atom is 0.334 e. The van der Waals surface area contributed by atoms with Gasteiger partial charge in [-0.2, -0.15) is 0 Å². The van der Waals surface area contributed by atoms with Gasteiger partial charge in [0, 0.05) is 6.54 Å². The molecule has 0 aromatic rings. The second-order valence-electron chi connectivity index (χ2n) is 6.22. The minimum Gasteiger partial charge on any atom is -0.479 e. The number of carbonyl (C=O) groups excluding carboxylic acids is 1. The average Bonchev–Trinajstić information content (AvgIpc) is 2.81. The third-order valence-corrected chi connectivity index (χ3v) is 3.87. The number of hydrogen-bond acceptors (Lipinski definition) is 3. The lowest BCUT2D eigenvalue weighted by molar-refractivity contribution is -0.146. The van der Waals surface area contributed by atoms with Gasteiger partial charge < -0.3 is 20.8 Å². The summed E-state index contributed by atoms with van der Waals surface area (Å²) in [7, 11) is 0. The number of carbonyl (C=O) groups is 2. The maximum atomic E-state index is 11.6. The summed E-state index contributed by atoms with van der Waals surface area (Å²) in [6, 6.07) is -0.416. The topological polar surface area (TPSA) is 98.7 Å². The second-order valence-corrected chi connectivity index (χ2v) is 6.22. The fourth-order valence-corrected chi connectivity index (χ4v) is 3.05. The lowest BCUT2D eigenvalue weighted by Gasteiger charge is -2.31. The molecule has 6 heteroatoms. The van der Waals surface area contributed by atoms with Crippen LogP contribution in [0.1, 0.15) is 46.0 Å². The minimum absolute atomic E-state index is 0.178. The maximum absolute atomic E-state index is 11.6. The molecule has 0 aromatic heterocycles. The molecule has 116 valence electrons. The Labute approximate surface area is 119 Å². The Balaban J connectivity index is 2.36. The van der Waals surface area contributed by atoms with E-state index in [1.54, 1.807) is 0 Å². The molecule has 1 fully saturated rings. The lowest BCUT2D eigenvalue weighted by atomic mass is 9.78. The highest BCUT2D eigenvalue weighted by Crippen LogP contribution is 2.42. The molecule has 2 amide bonds.